The molecule has 21 heavy (non-hydrogen) atoms. The van der Waals surface area contributed by atoms with Crippen molar-refractivity contribution < 1.29 is 19.4 Å². The molecule has 0 radical (unpaired) electrons. The van der Waals surface area contributed by atoms with E-state index in [1.54, 1.807) is 18.9 Å². The van der Waals surface area contributed by atoms with E-state index in [1.165, 1.54) is 12.8 Å². The van der Waals surface area contributed by atoms with Gasteiger partial charge in [-0.25, -0.2) is 9.59 Å². The Morgan fingerprint density at radius 3 is 2.57 bits per heavy atom. The van der Waals surface area contributed by atoms with E-state index in [1.807, 2.05) is 0 Å². The Morgan fingerprint density at radius 1 is 1.38 bits per heavy atom. The van der Waals surface area contributed by atoms with Gasteiger partial charge in [0.05, 0.1) is 0 Å². The molecule has 0 heterocycles. The van der Waals surface area contributed by atoms with E-state index < -0.39 is 18.0 Å². The molecule has 0 bridgehead atoms. The molecule has 1 rings (SSSR count). The van der Waals surface area contributed by atoms with E-state index in [4.69, 9.17) is 9.84 Å². The lowest BCUT2D eigenvalue weighted by Crippen LogP contribution is -2.49. The third-order valence-corrected chi connectivity index (χ3v) is 5.38. The number of carboxylic acids is 1. The third-order valence-electron chi connectivity index (χ3n) is 3.96. The first-order chi connectivity index (χ1) is 10.0. The second-order valence-electron chi connectivity index (χ2n) is 5.45. The molecule has 7 heteroatoms. The van der Waals surface area contributed by atoms with E-state index in [-0.39, 0.29) is 4.75 Å². The lowest BCUT2D eigenvalue weighted by atomic mass is 10.1. The van der Waals surface area contributed by atoms with Gasteiger partial charge in [0.2, 0.25) is 0 Å². The third kappa shape index (κ3) is 6.13. The minimum absolute atomic E-state index is 0.117. The SMILES string of the molecule is COCCCC(NC(=O)NCC1(SC)CCCC1)C(=O)O. The molecule has 0 aromatic heterocycles. The Labute approximate surface area is 130 Å². The summed E-state index contributed by atoms with van der Waals surface area (Å²) in [4.78, 5) is 23.0. The Kier molecular flexibility index (Phi) is 7.88. The van der Waals surface area contributed by atoms with Crippen molar-refractivity contribution in [3.8, 4) is 0 Å². The minimum atomic E-state index is -1.01. The number of hydrogen-bond acceptors (Lipinski definition) is 4. The number of nitrogens with one attached hydrogen (secondary N) is 2. The summed E-state index contributed by atoms with van der Waals surface area (Å²) in [5.74, 6) is -1.01. The molecule has 1 atom stereocenters. The number of carboxylic acid groups (broad SMARTS) is 1. The molecular weight excluding hydrogens is 292 g/mol. The Balaban J connectivity index is 2.37. The summed E-state index contributed by atoms with van der Waals surface area (Å²) in [6, 6.07) is -1.27. The Morgan fingerprint density at radius 2 is 2.05 bits per heavy atom. The number of methoxy groups -OCH3 is 1. The standard InChI is InChI=1S/C14H26N2O4S/c1-20-9-5-6-11(12(17)18)16-13(19)15-10-14(21-2)7-3-4-8-14/h11H,3-10H2,1-2H3,(H,17,18)(H2,15,16,19). The summed E-state index contributed by atoms with van der Waals surface area (Å²) in [5.41, 5.74) is 0. The van der Waals surface area contributed by atoms with E-state index in [2.05, 4.69) is 16.9 Å². The second kappa shape index (κ2) is 9.15. The predicted octanol–water partition coefficient (Wildman–Crippen LogP) is 1.84. The highest BCUT2D eigenvalue weighted by atomic mass is 32.2. The van der Waals surface area contributed by atoms with Crippen LogP contribution in [0, 0.1) is 0 Å². The minimum Gasteiger partial charge on any atom is -0.480 e. The molecule has 1 fully saturated rings. The number of ether oxygens (including phenoxy) is 1. The van der Waals surface area contributed by atoms with Gasteiger partial charge < -0.3 is 20.5 Å². The number of carbonyl (C=O) groups excluding carboxylic acids is 1. The zero-order chi connectivity index (χ0) is 15.7. The summed E-state index contributed by atoms with van der Waals surface area (Å²) in [6.07, 6.45) is 7.62. The average Bonchev–Trinajstić information content (AvgIpc) is 2.93. The monoisotopic (exact) mass is 318 g/mol. The second-order valence-corrected chi connectivity index (χ2v) is 6.72. The lowest BCUT2D eigenvalue weighted by molar-refractivity contribution is -0.139. The van der Waals surface area contributed by atoms with Crippen LogP contribution in [-0.4, -0.2) is 54.4 Å². The van der Waals surface area contributed by atoms with Crippen LogP contribution in [0.5, 0.6) is 0 Å². The quantitative estimate of drug-likeness (QED) is 0.565. The first-order valence-electron chi connectivity index (χ1n) is 7.34. The molecule has 0 spiro atoms. The number of aliphatic carboxylic acids is 1. The molecule has 0 aromatic carbocycles. The van der Waals surface area contributed by atoms with Crippen LogP contribution >= 0.6 is 11.8 Å². The van der Waals surface area contributed by atoms with E-state index in [0.717, 1.165) is 12.8 Å². The number of amides is 2. The molecule has 1 unspecified atom stereocenters. The van der Waals surface area contributed by atoms with Crippen molar-refractivity contribution in [3.63, 3.8) is 0 Å². The van der Waals surface area contributed by atoms with Gasteiger partial charge in [-0.2, -0.15) is 11.8 Å². The van der Waals surface area contributed by atoms with E-state index in [0.29, 0.717) is 26.0 Å². The first kappa shape index (κ1) is 18.1. The highest BCUT2D eigenvalue weighted by Gasteiger charge is 2.33. The number of urea groups is 1. The maximum Gasteiger partial charge on any atom is 0.326 e. The molecule has 0 aromatic rings. The lowest BCUT2D eigenvalue weighted by Gasteiger charge is -2.27. The molecule has 6 nitrogen and oxygen atoms in total. The molecule has 0 saturated heterocycles. The van der Waals surface area contributed by atoms with Crippen molar-refractivity contribution in [1.82, 2.24) is 10.6 Å². The van der Waals surface area contributed by atoms with Crippen molar-refractivity contribution in [3.05, 3.63) is 0 Å². The largest absolute Gasteiger partial charge is 0.480 e. The Hall–Kier alpha value is -0.950. The van der Waals surface area contributed by atoms with Crippen LogP contribution in [-0.2, 0) is 9.53 Å². The molecule has 3 N–H and O–H groups in total. The van der Waals surface area contributed by atoms with Gasteiger partial charge in [0, 0.05) is 25.0 Å². The Bertz CT molecular complexity index is 346. The van der Waals surface area contributed by atoms with Crippen molar-refractivity contribution in [2.24, 2.45) is 0 Å². The maximum absolute atomic E-state index is 11.9. The summed E-state index contributed by atoms with van der Waals surface area (Å²) >= 11 is 1.79. The van der Waals surface area contributed by atoms with Crippen LogP contribution in [0.15, 0.2) is 0 Å². The number of hydrogen-bond donors (Lipinski definition) is 3. The topological polar surface area (TPSA) is 87.7 Å². The van der Waals surface area contributed by atoms with Gasteiger partial charge in [0.1, 0.15) is 6.04 Å². The van der Waals surface area contributed by atoms with Gasteiger partial charge in [-0.15, -0.1) is 0 Å². The van der Waals surface area contributed by atoms with Gasteiger partial charge in [-0.1, -0.05) is 12.8 Å². The van der Waals surface area contributed by atoms with Crippen LogP contribution in [0.25, 0.3) is 0 Å². The summed E-state index contributed by atoms with van der Waals surface area (Å²) in [7, 11) is 1.57. The zero-order valence-electron chi connectivity index (χ0n) is 12.8. The number of rotatable bonds is 9. The van der Waals surface area contributed by atoms with Crippen molar-refractivity contribution in [2.75, 3.05) is 26.5 Å². The van der Waals surface area contributed by atoms with Gasteiger partial charge in [0.25, 0.3) is 0 Å². The average molecular weight is 318 g/mol. The number of carbonyl (C=O) groups is 2. The van der Waals surface area contributed by atoms with Crippen LogP contribution < -0.4 is 10.6 Å². The highest BCUT2D eigenvalue weighted by molar-refractivity contribution is 8.00. The van der Waals surface area contributed by atoms with Crippen molar-refractivity contribution in [1.29, 1.82) is 0 Å². The molecule has 1 aliphatic rings. The van der Waals surface area contributed by atoms with Crippen molar-refractivity contribution in [2.45, 2.75) is 49.3 Å². The number of thioether (sulfide) groups is 1. The molecule has 1 saturated carbocycles. The van der Waals surface area contributed by atoms with E-state index >= 15 is 0 Å². The fourth-order valence-electron chi connectivity index (χ4n) is 2.61. The molecule has 1 aliphatic carbocycles. The zero-order valence-corrected chi connectivity index (χ0v) is 13.6. The van der Waals surface area contributed by atoms with Crippen molar-refractivity contribution >= 4 is 23.8 Å². The van der Waals surface area contributed by atoms with Crippen LogP contribution in [0.1, 0.15) is 38.5 Å². The molecule has 0 aliphatic heterocycles. The van der Waals surface area contributed by atoms with E-state index in [9.17, 15) is 9.59 Å². The van der Waals surface area contributed by atoms with Crippen LogP contribution in [0.2, 0.25) is 0 Å². The van der Waals surface area contributed by atoms with Gasteiger partial charge in [0.15, 0.2) is 0 Å². The first-order valence-corrected chi connectivity index (χ1v) is 8.57. The molecular formula is C14H26N2O4S. The van der Waals surface area contributed by atoms with Gasteiger partial charge in [-0.05, 0) is 31.9 Å². The fourth-order valence-corrected chi connectivity index (χ4v) is 3.53. The molecule has 122 valence electrons. The van der Waals surface area contributed by atoms with Crippen LogP contribution in [0.3, 0.4) is 0 Å². The normalized spacial score (nSPS) is 18.2. The fraction of sp³-hybridized carbons (Fsp3) is 0.857. The predicted molar refractivity (Wildman–Crippen MR) is 83.8 cm³/mol. The summed E-state index contributed by atoms with van der Waals surface area (Å²) in [5, 5.41) is 14.5. The highest BCUT2D eigenvalue weighted by Crippen LogP contribution is 2.39. The summed E-state index contributed by atoms with van der Waals surface area (Å²) in [6.45, 7) is 1.08. The van der Waals surface area contributed by atoms with Gasteiger partial charge >= 0.3 is 12.0 Å². The van der Waals surface area contributed by atoms with Crippen LogP contribution in [0.4, 0.5) is 4.79 Å². The smallest absolute Gasteiger partial charge is 0.326 e. The molecule has 2 amide bonds. The summed E-state index contributed by atoms with van der Waals surface area (Å²) < 4.78 is 5.01. The maximum atomic E-state index is 11.9. The van der Waals surface area contributed by atoms with Gasteiger partial charge in [-0.3, -0.25) is 0 Å².